The smallest absolute Gasteiger partial charge is 0.226 e. The van der Waals surface area contributed by atoms with E-state index in [9.17, 15) is 4.79 Å². The van der Waals surface area contributed by atoms with Crippen LogP contribution < -0.4 is 0 Å². The average molecular weight is 413 g/mol. The Morgan fingerprint density at radius 2 is 1.65 bits per heavy atom. The van der Waals surface area contributed by atoms with Crippen molar-refractivity contribution in [3.8, 4) is 0 Å². The Morgan fingerprint density at radius 1 is 0.962 bits per heavy atom. The molecule has 1 aliphatic carbocycles. The van der Waals surface area contributed by atoms with Gasteiger partial charge < -0.3 is 4.90 Å². The van der Waals surface area contributed by atoms with Gasteiger partial charge in [-0.1, -0.05) is 64.5 Å². The summed E-state index contributed by atoms with van der Waals surface area (Å²) in [5.74, 6) is 0.937. The van der Waals surface area contributed by atoms with E-state index in [1.54, 1.807) is 0 Å². The third-order valence-electron chi connectivity index (χ3n) is 5.66. The van der Waals surface area contributed by atoms with Gasteiger partial charge in [0.2, 0.25) is 5.91 Å². The van der Waals surface area contributed by atoms with E-state index >= 15 is 0 Å². The number of rotatable bonds is 5. The zero-order chi connectivity index (χ0) is 17.9. The number of hydrogen-bond donors (Lipinski definition) is 0. The molecule has 1 saturated carbocycles. The number of piperazine rings is 1. The summed E-state index contributed by atoms with van der Waals surface area (Å²) in [4.78, 5) is 17.4. The van der Waals surface area contributed by atoms with Gasteiger partial charge in [-0.2, -0.15) is 0 Å². The van der Waals surface area contributed by atoms with Crippen LogP contribution in [0.3, 0.4) is 0 Å². The minimum Gasteiger partial charge on any atom is -0.340 e. The molecular weight excluding hydrogens is 388 g/mol. The first-order valence-corrected chi connectivity index (χ1v) is 10.3. The van der Waals surface area contributed by atoms with E-state index in [-0.39, 0.29) is 5.92 Å². The number of hydrogen-bond acceptors (Lipinski definition) is 2. The average Bonchev–Trinajstić information content (AvgIpc) is 3.48. The highest BCUT2D eigenvalue weighted by Gasteiger charge is 2.46. The van der Waals surface area contributed by atoms with Gasteiger partial charge >= 0.3 is 0 Å². The first-order valence-electron chi connectivity index (χ1n) is 9.52. The Hall–Kier alpha value is -1.65. The molecule has 0 spiro atoms. The first-order chi connectivity index (χ1) is 12.7. The Bertz CT molecular complexity index is 756. The molecule has 2 aromatic carbocycles. The molecule has 1 aliphatic heterocycles. The highest BCUT2D eigenvalue weighted by Crippen LogP contribution is 2.50. The Morgan fingerprint density at radius 3 is 2.38 bits per heavy atom. The molecular formula is C22H25BrN2O. The predicted molar refractivity (Wildman–Crippen MR) is 108 cm³/mol. The maximum Gasteiger partial charge on any atom is 0.226 e. The summed E-state index contributed by atoms with van der Waals surface area (Å²) < 4.78 is 1.13. The van der Waals surface area contributed by atoms with Crippen molar-refractivity contribution in [1.29, 1.82) is 0 Å². The Kier molecular flexibility index (Phi) is 5.41. The first kappa shape index (κ1) is 17.7. The monoisotopic (exact) mass is 412 g/mol. The van der Waals surface area contributed by atoms with Crippen molar-refractivity contribution in [2.75, 3.05) is 32.7 Å². The molecule has 3 nitrogen and oxygen atoms in total. The van der Waals surface area contributed by atoms with Gasteiger partial charge in [-0.15, -0.1) is 0 Å². The molecule has 4 heteroatoms. The van der Waals surface area contributed by atoms with Crippen LogP contribution in [0.15, 0.2) is 59.1 Å². The van der Waals surface area contributed by atoms with Crippen molar-refractivity contribution in [3.05, 3.63) is 70.2 Å². The highest BCUT2D eigenvalue weighted by molar-refractivity contribution is 9.10. The standard InChI is InChI=1S/C22H25BrN2O/c23-21-9-5-4-8-18(21)19-16-20(19)22(26)25-14-12-24(13-15-25)11-10-17-6-2-1-3-7-17/h1-9,19-20H,10-16H2. The third-order valence-corrected chi connectivity index (χ3v) is 6.38. The molecule has 2 aliphatic rings. The van der Waals surface area contributed by atoms with Gasteiger partial charge in [-0.25, -0.2) is 0 Å². The van der Waals surface area contributed by atoms with Crippen LogP contribution in [0.25, 0.3) is 0 Å². The lowest BCUT2D eigenvalue weighted by molar-refractivity contribution is -0.134. The van der Waals surface area contributed by atoms with Gasteiger partial charge in [-0.3, -0.25) is 9.69 Å². The fourth-order valence-electron chi connectivity index (χ4n) is 3.95. The van der Waals surface area contributed by atoms with Crippen molar-refractivity contribution in [1.82, 2.24) is 9.80 Å². The molecule has 0 radical (unpaired) electrons. The quantitative estimate of drug-likeness (QED) is 0.742. The van der Waals surface area contributed by atoms with Crippen molar-refractivity contribution < 1.29 is 4.79 Å². The fourth-order valence-corrected chi connectivity index (χ4v) is 4.52. The number of benzene rings is 2. The molecule has 2 fully saturated rings. The Labute approximate surface area is 164 Å². The van der Waals surface area contributed by atoms with Crippen molar-refractivity contribution in [2.45, 2.75) is 18.8 Å². The largest absolute Gasteiger partial charge is 0.340 e. The lowest BCUT2D eigenvalue weighted by Crippen LogP contribution is -2.49. The summed E-state index contributed by atoms with van der Waals surface area (Å²) >= 11 is 3.62. The molecule has 2 aromatic rings. The third kappa shape index (κ3) is 4.02. The predicted octanol–water partition coefficient (Wildman–Crippen LogP) is 3.94. The summed E-state index contributed by atoms with van der Waals surface area (Å²) in [7, 11) is 0. The summed E-state index contributed by atoms with van der Waals surface area (Å²) in [6.07, 6.45) is 2.08. The fraction of sp³-hybridized carbons (Fsp3) is 0.409. The maximum atomic E-state index is 12.8. The second kappa shape index (κ2) is 7.93. The van der Waals surface area contributed by atoms with E-state index in [1.807, 2.05) is 6.07 Å². The Balaban J connectivity index is 1.25. The summed E-state index contributed by atoms with van der Waals surface area (Å²) in [6.45, 7) is 4.80. The molecule has 0 N–H and O–H groups in total. The van der Waals surface area contributed by atoms with Gasteiger partial charge in [0.1, 0.15) is 0 Å². The van der Waals surface area contributed by atoms with Crippen LogP contribution in [-0.4, -0.2) is 48.4 Å². The molecule has 1 saturated heterocycles. The number of nitrogens with zero attached hydrogens (tertiary/aromatic N) is 2. The van der Waals surface area contributed by atoms with Crippen molar-refractivity contribution in [3.63, 3.8) is 0 Å². The minimum absolute atomic E-state index is 0.185. The second-order valence-corrected chi connectivity index (χ2v) is 8.23. The number of amides is 1. The minimum atomic E-state index is 0.185. The topological polar surface area (TPSA) is 23.6 Å². The lowest BCUT2D eigenvalue weighted by Gasteiger charge is -2.35. The SMILES string of the molecule is O=C(C1CC1c1ccccc1Br)N1CCN(CCc2ccccc2)CC1. The van der Waals surface area contributed by atoms with Crippen LogP contribution in [0.2, 0.25) is 0 Å². The van der Waals surface area contributed by atoms with E-state index in [1.165, 1.54) is 11.1 Å². The van der Waals surface area contributed by atoms with Crippen LogP contribution in [0, 0.1) is 5.92 Å². The molecule has 2 unspecified atom stereocenters. The summed E-state index contributed by atoms with van der Waals surface area (Å²) in [6, 6.07) is 18.9. The van der Waals surface area contributed by atoms with Gasteiger partial charge in [0.15, 0.2) is 0 Å². The molecule has 0 bridgehead atoms. The second-order valence-electron chi connectivity index (χ2n) is 7.37. The van der Waals surface area contributed by atoms with E-state index < -0.39 is 0 Å². The molecule has 4 rings (SSSR count). The van der Waals surface area contributed by atoms with Gasteiger partial charge in [0, 0.05) is 43.1 Å². The number of carbonyl (C=O) groups is 1. The molecule has 1 heterocycles. The van der Waals surface area contributed by atoms with E-state index in [4.69, 9.17) is 0 Å². The zero-order valence-electron chi connectivity index (χ0n) is 15.0. The van der Waals surface area contributed by atoms with Gasteiger partial charge in [0.25, 0.3) is 0 Å². The van der Waals surface area contributed by atoms with Crippen LogP contribution in [0.4, 0.5) is 0 Å². The highest BCUT2D eigenvalue weighted by atomic mass is 79.9. The molecule has 26 heavy (non-hydrogen) atoms. The summed E-state index contributed by atoms with van der Waals surface area (Å²) in [5, 5.41) is 0. The van der Waals surface area contributed by atoms with Crippen LogP contribution in [0.1, 0.15) is 23.5 Å². The van der Waals surface area contributed by atoms with Gasteiger partial charge in [-0.05, 0) is 36.0 Å². The van der Waals surface area contributed by atoms with Crippen molar-refractivity contribution in [2.24, 2.45) is 5.92 Å². The molecule has 1 amide bonds. The van der Waals surface area contributed by atoms with Gasteiger partial charge in [0.05, 0.1) is 0 Å². The van der Waals surface area contributed by atoms with Crippen LogP contribution in [0.5, 0.6) is 0 Å². The van der Waals surface area contributed by atoms with E-state index in [2.05, 4.69) is 74.3 Å². The van der Waals surface area contributed by atoms with Crippen LogP contribution >= 0.6 is 15.9 Å². The normalized spacial score (nSPS) is 23.0. The lowest BCUT2D eigenvalue weighted by atomic mass is 10.1. The van der Waals surface area contributed by atoms with Crippen molar-refractivity contribution >= 4 is 21.8 Å². The summed E-state index contributed by atoms with van der Waals surface area (Å²) in [5.41, 5.74) is 2.67. The maximum absolute atomic E-state index is 12.8. The number of halogens is 1. The molecule has 136 valence electrons. The number of carbonyl (C=O) groups excluding carboxylic acids is 1. The molecule has 2 atom stereocenters. The van der Waals surface area contributed by atoms with E-state index in [0.29, 0.717) is 11.8 Å². The van der Waals surface area contributed by atoms with Crippen LogP contribution in [-0.2, 0) is 11.2 Å². The molecule has 0 aromatic heterocycles. The zero-order valence-corrected chi connectivity index (χ0v) is 16.6. The van der Waals surface area contributed by atoms with E-state index in [0.717, 1.165) is 50.0 Å².